The van der Waals surface area contributed by atoms with E-state index in [2.05, 4.69) is 23.6 Å². The van der Waals surface area contributed by atoms with Crippen molar-refractivity contribution in [3.63, 3.8) is 0 Å². The van der Waals surface area contributed by atoms with Gasteiger partial charge in [-0.1, -0.05) is 13.8 Å². The van der Waals surface area contributed by atoms with Crippen LogP contribution in [0, 0.1) is 12.8 Å². The third kappa shape index (κ3) is 4.31. The normalized spacial score (nSPS) is 14.4. The van der Waals surface area contributed by atoms with E-state index in [0.717, 1.165) is 17.1 Å². The van der Waals surface area contributed by atoms with Crippen LogP contribution >= 0.6 is 11.3 Å². The lowest BCUT2D eigenvalue weighted by atomic mass is 10.1. The van der Waals surface area contributed by atoms with Crippen LogP contribution in [0.15, 0.2) is 5.38 Å². The molecule has 1 heterocycles. The highest BCUT2D eigenvalue weighted by atomic mass is 32.2. The Hall–Kier alpha value is -0.500. The highest BCUT2D eigenvalue weighted by molar-refractivity contribution is 7.87. The lowest BCUT2D eigenvalue weighted by Crippen LogP contribution is -2.38. The molecule has 0 aromatic carbocycles. The van der Waals surface area contributed by atoms with E-state index < -0.39 is 10.2 Å². The molecular weight excluding hydrogens is 270 g/mol. The number of nitrogens with zero attached hydrogens (tertiary/aromatic N) is 2. The summed E-state index contributed by atoms with van der Waals surface area (Å²) in [5.41, 5.74) is 0.924. The minimum Gasteiger partial charge on any atom is -0.245 e. The molecule has 0 radical (unpaired) electrons. The first-order chi connectivity index (χ1) is 8.22. The summed E-state index contributed by atoms with van der Waals surface area (Å²) in [5.74, 6) is 0.393. The molecule has 1 atom stereocenters. The molecule has 0 bridgehead atoms. The second-order valence-electron chi connectivity index (χ2n) is 4.91. The molecule has 0 aliphatic carbocycles. The molecular formula is C11H21N3O2S2. The van der Waals surface area contributed by atoms with Crippen molar-refractivity contribution >= 4 is 21.5 Å². The highest BCUT2D eigenvalue weighted by Crippen LogP contribution is 2.25. The van der Waals surface area contributed by atoms with Crippen LogP contribution < -0.4 is 4.72 Å². The van der Waals surface area contributed by atoms with Crippen LogP contribution in [0.2, 0.25) is 0 Å². The van der Waals surface area contributed by atoms with Crippen LogP contribution in [-0.2, 0) is 10.2 Å². The number of nitrogens with one attached hydrogen (secondary N) is 1. The van der Waals surface area contributed by atoms with E-state index in [4.69, 9.17) is 0 Å². The Kier molecular flexibility index (Phi) is 5.27. The molecule has 18 heavy (non-hydrogen) atoms. The van der Waals surface area contributed by atoms with Crippen molar-refractivity contribution in [3.8, 4) is 0 Å². The predicted molar refractivity (Wildman–Crippen MR) is 74.8 cm³/mol. The van der Waals surface area contributed by atoms with Crippen LogP contribution in [0.25, 0.3) is 0 Å². The molecule has 1 aromatic rings. The number of aryl methyl sites for hydroxylation is 1. The second-order valence-corrected chi connectivity index (χ2v) is 7.72. The lowest BCUT2D eigenvalue weighted by molar-refractivity contribution is 0.446. The van der Waals surface area contributed by atoms with Crippen molar-refractivity contribution in [2.45, 2.75) is 33.2 Å². The monoisotopic (exact) mass is 291 g/mol. The van der Waals surface area contributed by atoms with Crippen LogP contribution in [0.4, 0.5) is 0 Å². The molecule has 0 aliphatic rings. The van der Waals surface area contributed by atoms with Gasteiger partial charge in [-0.05, 0) is 19.3 Å². The molecule has 0 aliphatic heterocycles. The fourth-order valence-corrected chi connectivity index (χ4v) is 3.20. The molecule has 1 aromatic heterocycles. The Labute approximate surface area is 113 Å². The topological polar surface area (TPSA) is 62.3 Å². The number of rotatable bonds is 6. The first-order valence-corrected chi connectivity index (χ1v) is 8.16. The van der Waals surface area contributed by atoms with Crippen molar-refractivity contribution in [2.75, 3.05) is 14.1 Å². The molecule has 1 N–H and O–H groups in total. The molecule has 7 heteroatoms. The molecule has 0 spiro atoms. The van der Waals surface area contributed by atoms with Gasteiger partial charge in [-0.3, -0.25) is 0 Å². The molecule has 104 valence electrons. The molecule has 0 amide bonds. The molecule has 1 unspecified atom stereocenters. The van der Waals surface area contributed by atoms with Crippen molar-refractivity contribution < 1.29 is 8.42 Å². The zero-order valence-electron chi connectivity index (χ0n) is 11.5. The van der Waals surface area contributed by atoms with Gasteiger partial charge in [-0.25, -0.2) is 4.98 Å². The van der Waals surface area contributed by atoms with Gasteiger partial charge in [0.25, 0.3) is 10.2 Å². The Balaban J connectivity index is 2.93. The van der Waals surface area contributed by atoms with Crippen LogP contribution in [-0.4, -0.2) is 31.8 Å². The predicted octanol–water partition coefficient (Wildman–Crippen LogP) is 1.93. The van der Waals surface area contributed by atoms with Crippen molar-refractivity contribution in [2.24, 2.45) is 5.92 Å². The van der Waals surface area contributed by atoms with Gasteiger partial charge in [0.2, 0.25) is 0 Å². The number of aromatic nitrogens is 1. The SMILES string of the molecule is Cc1csc(C(CC(C)C)NS(=O)(=O)N(C)C)n1. The summed E-state index contributed by atoms with van der Waals surface area (Å²) in [4.78, 5) is 4.38. The summed E-state index contributed by atoms with van der Waals surface area (Å²) in [6, 6.07) is -0.254. The summed E-state index contributed by atoms with van der Waals surface area (Å²) >= 11 is 1.50. The fourth-order valence-electron chi connectivity index (χ4n) is 1.49. The number of thiazole rings is 1. The average Bonchev–Trinajstić information content (AvgIpc) is 2.62. The van der Waals surface area contributed by atoms with Gasteiger partial charge in [-0.2, -0.15) is 17.4 Å². The lowest BCUT2D eigenvalue weighted by Gasteiger charge is -2.21. The quantitative estimate of drug-likeness (QED) is 0.871. The summed E-state index contributed by atoms with van der Waals surface area (Å²) in [5, 5.41) is 2.76. The standard InChI is InChI=1S/C11H21N3O2S2/c1-8(2)6-10(11-12-9(3)7-17-11)13-18(15,16)14(4)5/h7-8,10,13H,6H2,1-5H3. The van der Waals surface area contributed by atoms with E-state index in [-0.39, 0.29) is 6.04 Å². The van der Waals surface area contributed by atoms with E-state index in [1.807, 2.05) is 12.3 Å². The van der Waals surface area contributed by atoms with Gasteiger partial charge in [0.15, 0.2) is 0 Å². The molecule has 0 saturated heterocycles. The zero-order valence-corrected chi connectivity index (χ0v) is 13.1. The van der Waals surface area contributed by atoms with Crippen molar-refractivity contribution in [1.82, 2.24) is 14.0 Å². The van der Waals surface area contributed by atoms with Gasteiger partial charge in [-0.15, -0.1) is 11.3 Å². The molecule has 5 nitrogen and oxygen atoms in total. The van der Waals surface area contributed by atoms with Crippen LogP contribution in [0.1, 0.15) is 37.0 Å². The summed E-state index contributed by atoms with van der Waals surface area (Å²) in [6.07, 6.45) is 0.736. The van der Waals surface area contributed by atoms with E-state index in [0.29, 0.717) is 5.92 Å². The maximum Gasteiger partial charge on any atom is 0.279 e. The van der Waals surface area contributed by atoms with E-state index in [1.54, 1.807) is 0 Å². The Morgan fingerprint density at radius 2 is 2.06 bits per heavy atom. The van der Waals surface area contributed by atoms with Gasteiger partial charge in [0.1, 0.15) is 5.01 Å². The van der Waals surface area contributed by atoms with Crippen molar-refractivity contribution in [1.29, 1.82) is 0 Å². The summed E-state index contributed by atoms with van der Waals surface area (Å²) < 4.78 is 27.7. The average molecular weight is 291 g/mol. The molecule has 1 rings (SSSR count). The largest absolute Gasteiger partial charge is 0.279 e. The van der Waals surface area contributed by atoms with Gasteiger partial charge in [0.05, 0.1) is 6.04 Å². The highest BCUT2D eigenvalue weighted by Gasteiger charge is 2.24. The Morgan fingerprint density at radius 1 is 1.44 bits per heavy atom. The number of hydrogen-bond acceptors (Lipinski definition) is 4. The van der Waals surface area contributed by atoms with Crippen LogP contribution in [0.5, 0.6) is 0 Å². The summed E-state index contributed by atoms with van der Waals surface area (Å²) in [7, 11) is -0.400. The van der Waals surface area contributed by atoms with Gasteiger partial charge >= 0.3 is 0 Å². The maximum atomic E-state index is 11.9. The fraction of sp³-hybridized carbons (Fsp3) is 0.727. The van der Waals surface area contributed by atoms with E-state index >= 15 is 0 Å². The van der Waals surface area contributed by atoms with Gasteiger partial charge in [0, 0.05) is 25.2 Å². The second kappa shape index (κ2) is 6.10. The molecule has 0 saturated carbocycles. The van der Waals surface area contributed by atoms with Crippen LogP contribution in [0.3, 0.4) is 0 Å². The van der Waals surface area contributed by atoms with Gasteiger partial charge < -0.3 is 0 Å². The Bertz CT molecular complexity index is 480. The first kappa shape index (κ1) is 15.6. The number of hydrogen-bond donors (Lipinski definition) is 1. The van der Waals surface area contributed by atoms with E-state index in [9.17, 15) is 8.42 Å². The third-order valence-electron chi connectivity index (χ3n) is 2.41. The first-order valence-electron chi connectivity index (χ1n) is 5.84. The maximum absolute atomic E-state index is 11.9. The smallest absolute Gasteiger partial charge is 0.245 e. The minimum atomic E-state index is -3.43. The zero-order chi connectivity index (χ0) is 13.9. The Morgan fingerprint density at radius 3 is 2.44 bits per heavy atom. The van der Waals surface area contributed by atoms with E-state index in [1.165, 1.54) is 29.7 Å². The third-order valence-corrected chi connectivity index (χ3v) is 5.03. The molecule has 0 fully saturated rings. The van der Waals surface area contributed by atoms with Crippen molar-refractivity contribution in [3.05, 3.63) is 16.1 Å². The minimum absolute atomic E-state index is 0.254. The summed E-state index contributed by atoms with van der Waals surface area (Å²) in [6.45, 7) is 6.04.